The minimum Gasteiger partial charge on any atom is -0.373 e. The van der Waals surface area contributed by atoms with Crippen LogP contribution in [0.25, 0.3) is 0 Å². The number of anilines is 1. The summed E-state index contributed by atoms with van der Waals surface area (Å²) in [5.41, 5.74) is 2.88. The summed E-state index contributed by atoms with van der Waals surface area (Å²) in [6, 6.07) is 7.72. The highest BCUT2D eigenvalue weighted by Gasteiger charge is 2.22. The first kappa shape index (κ1) is 17.5. The number of rotatable bonds is 5. The molecule has 0 aliphatic carbocycles. The minimum atomic E-state index is -0.204. The van der Waals surface area contributed by atoms with Crippen molar-refractivity contribution >= 4 is 11.7 Å². The number of nitrogens with zero attached hydrogens (tertiary/aromatic N) is 1. The molecule has 1 aliphatic rings. The standard InChI is InChI=1S/C18H27N3O2/c1-13(2)9-19-18(22)20-17-8-6-5-7-16(17)12-21-10-14(3)23-15(4)11-21/h5-8,14-15H,1,9-12H2,2-4H3,(H2,19,20,22)/t14-,15+. The van der Waals surface area contributed by atoms with Crippen molar-refractivity contribution in [3.63, 3.8) is 0 Å². The summed E-state index contributed by atoms with van der Waals surface area (Å²) in [5, 5.41) is 5.72. The van der Waals surface area contributed by atoms with Crippen molar-refractivity contribution in [2.75, 3.05) is 25.0 Å². The molecule has 5 heteroatoms. The van der Waals surface area contributed by atoms with Crippen LogP contribution in [-0.4, -0.2) is 42.8 Å². The van der Waals surface area contributed by atoms with Gasteiger partial charge in [-0.2, -0.15) is 0 Å². The third-order valence-electron chi connectivity index (χ3n) is 3.71. The van der Waals surface area contributed by atoms with E-state index in [4.69, 9.17) is 4.74 Å². The SMILES string of the molecule is C=C(C)CNC(=O)Nc1ccccc1CN1C[C@@H](C)O[C@@H](C)C1. The molecule has 2 amide bonds. The number of carbonyl (C=O) groups excluding carboxylic acids is 1. The molecule has 23 heavy (non-hydrogen) atoms. The number of nitrogens with one attached hydrogen (secondary N) is 2. The van der Waals surface area contributed by atoms with Gasteiger partial charge in [-0.3, -0.25) is 4.90 Å². The van der Waals surface area contributed by atoms with E-state index in [0.29, 0.717) is 6.54 Å². The van der Waals surface area contributed by atoms with E-state index in [9.17, 15) is 4.79 Å². The smallest absolute Gasteiger partial charge is 0.319 e. The molecular formula is C18H27N3O2. The lowest BCUT2D eigenvalue weighted by Gasteiger charge is -2.35. The van der Waals surface area contributed by atoms with Crippen LogP contribution >= 0.6 is 0 Å². The van der Waals surface area contributed by atoms with Gasteiger partial charge in [-0.15, -0.1) is 0 Å². The molecule has 2 atom stereocenters. The molecule has 126 valence electrons. The van der Waals surface area contributed by atoms with Crippen molar-refractivity contribution in [3.05, 3.63) is 42.0 Å². The predicted molar refractivity (Wildman–Crippen MR) is 93.6 cm³/mol. The molecule has 0 unspecified atom stereocenters. The summed E-state index contributed by atoms with van der Waals surface area (Å²) in [7, 11) is 0. The second kappa shape index (κ2) is 8.13. The highest BCUT2D eigenvalue weighted by Crippen LogP contribution is 2.20. The lowest BCUT2D eigenvalue weighted by Crippen LogP contribution is -2.45. The lowest BCUT2D eigenvalue weighted by atomic mass is 10.1. The second-order valence-corrected chi connectivity index (χ2v) is 6.37. The molecule has 1 fully saturated rings. The Balaban J connectivity index is 1.99. The number of urea groups is 1. The zero-order valence-corrected chi connectivity index (χ0v) is 14.3. The number of hydrogen-bond acceptors (Lipinski definition) is 3. The van der Waals surface area contributed by atoms with Crippen LogP contribution in [0.5, 0.6) is 0 Å². The van der Waals surface area contributed by atoms with Gasteiger partial charge >= 0.3 is 6.03 Å². The Bertz CT molecular complexity index is 549. The van der Waals surface area contributed by atoms with Crippen LogP contribution in [0.1, 0.15) is 26.3 Å². The van der Waals surface area contributed by atoms with E-state index in [-0.39, 0.29) is 18.2 Å². The van der Waals surface area contributed by atoms with E-state index in [1.807, 2.05) is 25.1 Å². The first-order valence-electron chi connectivity index (χ1n) is 8.09. The van der Waals surface area contributed by atoms with E-state index >= 15 is 0 Å². The van der Waals surface area contributed by atoms with Gasteiger partial charge in [-0.05, 0) is 32.4 Å². The molecule has 1 heterocycles. The molecule has 0 radical (unpaired) electrons. The fourth-order valence-corrected chi connectivity index (χ4v) is 2.83. The molecule has 1 aromatic carbocycles. The zero-order valence-electron chi connectivity index (χ0n) is 14.3. The molecule has 1 aliphatic heterocycles. The number of hydrogen-bond donors (Lipinski definition) is 2. The first-order chi connectivity index (χ1) is 10.9. The molecule has 0 spiro atoms. The summed E-state index contributed by atoms with van der Waals surface area (Å²) >= 11 is 0. The van der Waals surface area contributed by atoms with Gasteiger partial charge in [0, 0.05) is 31.9 Å². The Morgan fingerprint density at radius 3 is 2.61 bits per heavy atom. The Kier molecular flexibility index (Phi) is 6.19. The van der Waals surface area contributed by atoms with Gasteiger partial charge in [0.1, 0.15) is 0 Å². The Labute approximate surface area is 138 Å². The molecule has 0 aromatic heterocycles. The van der Waals surface area contributed by atoms with E-state index in [2.05, 4.69) is 42.0 Å². The summed E-state index contributed by atoms with van der Waals surface area (Å²) in [5.74, 6) is 0. The van der Waals surface area contributed by atoms with Crippen LogP contribution in [0.15, 0.2) is 36.4 Å². The number of carbonyl (C=O) groups is 1. The fourth-order valence-electron chi connectivity index (χ4n) is 2.83. The van der Waals surface area contributed by atoms with Gasteiger partial charge in [0.15, 0.2) is 0 Å². The van der Waals surface area contributed by atoms with Crippen LogP contribution in [0.2, 0.25) is 0 Å². The van der Waals surface area contributed by atoms with E-state index in [1.165, 1.54) is 0 Å². The third kappa shape index (κ3) is 5.69. The number of benzene rings is 1. The van der Waals surface area contributed by atoms with E-state index < -0.39 is 0 Å². The topological polar surface area (TPSA) is 53.6 Å². The maximum absolute atomic E-state index is 12.0. The Morgan fingerprint density at radius 1 is 1.30 bits per heavy atom. The zero-order chi connectivity index (χ0) is 16.8. The molecule has 2 rings (SSSR count). The number of morpholine rings is 1. The molecule has 2 N–H and O–H groups in total. The van der Waals surface area contributed by atoms with Crippen LogP contribution in [-0.2, 0) is 11.3 Å². The maximum Gasteiger partial charge on any atom is 0.319 e. The summed E-state index contributed by atoms with van der Waals surface area (Å²) in [4.78, 5) is 14.3. The highest BCUT2D eigenvalue weighted by molar-refractivity contribution is 5.90. The van der Waals surface area contributed by atoms with Gasteiger partial charge < -0.3 is 15.4 Å². The monoisotopic (exact) mass is 317 g/mol. The second-order valence-electron chi connectivity index (χ2n) is 6.37. The Morgan fingerprint density at radius 2 is 1.96 bits per heavy atom. The molecular weight excluding hydrogens is 290 g/mol. The quantitative estimate of drug-likeness (QED) is 0.821. The average molecular weight is 317 g/mol. The maximum atomic E-state index is 12.0. The minimum absolute atomic E-state index is 0.204. The summed E-state index contributed by atoms with van der Waals surface area (Å²) < 4.78 is 5.77. The van der Waals surface area contributed by atoms with Crippen molar-refractivity contribution in [2.24, 2.45) is 0 Å². The van der Waals surface area contributed by atoms with Crippen molar-refractivity contribution in [1.29, 1.82) is 0 Å². The predicted octanol–water partition coefficient (Wildman–Crippen LogP) is 2.99. The van der Waals surface area contributed by atoms with Gasteiger partial charge in [0.05, 0.1) is 12.2 Å². The summed E-state index contributed by atoms with van der Waals surface area (Å²) in [6.07, 6.45) is 0.468. The van der Waals surface area contributed by atoms with E-state index in [0.717, 1.165) is 36.5 Å². The molecule has 0 bridgehead atoms. The van der Waals surface area contributed by atoms with Crippen molar-refractivity contribution in [3.8, 4) is 0 Å². The van der Waals surface area contributed by atoms with Crippen LogP contribution in [0.3, 0.4) is 0 Å². The normalized spacial score (nSPS) is 21.7. The van der Waals surface area contributed by atoms with Crippen molar-refractivity contribution < 1.29 is 9.53 Å². The van der Waals surface area contributed by atoms with Gasteiger partial charge in [0.2, 0.25) is 0 Å². The number of ether oxygens (including phenoxy) is 1. The lowest BCUT2D eigenvalue weighted by molar-refractivity contribution is -0.0704. The largest absolute Gasteiger partial charge is 0.373 e. The average Bonchev–Trinajstić information content (AvgIpc) is 2.46. The van der Waals surface area contributed by atoms with Crippen molar-refractivity contribution in [1.82, 2.24) is 10.2 Å². The van der Waals surface area contributed by atoms with Crippen LogP contribution < -0.4 is 10.6 Å². The van der Waals surface area contributed by atoms with Crippen LogP contribution in [0.4, 0.5) is 10.5 Å². The van der Waals surface area contributed by atoms with E-state index in [1.54, 1.807) is 0 Å². The fraction of sp³-hybridized carbons (Fsp3) is 0.500. The molecule has 1 saturated heterocycles. The Hall–Kier alpha value is -1.85. The highest BCUT2D eigenvalue weighted by atomic mass is 16.5. The third-order valence-corrected chi connectivity index (χ3v) is 3.71. The first-order valence-corrected chi connectivity index (χ1v) is 8.09. The summed E-state index contributed by atoms with van der Waals surface area (Å²) in [6.45, 7) is 12.9. The molecule has 5 nitrogen and oxygen atoms in total. The van der Waals surface area contributed by atoms with Gasteiger partial charge in [-0.1, -0.05) is 30.4 Å². The molecule has 0 saturated carbocycles. The van der Waals surface area contributed by atoms with Gasteiger partial charge in [-0.25, -0.2) is 4.79 Å². The molecule has 1 aromatic rings. The van der Waals surface area contributed by atoms with Crippen LogP contribution in [0, 0.1) is 0 Å². The van der Waals surface area contributed by atoms with Gasteiger partial charge in [0.25, 0.3) is 0 Å². The number of amides is 2. The van der Waals surface area contributed by atoms with Crippen molar-refractivity contribution in [2.45, 2.75) is 39.5 Å². The number of para-hydroxylation sites is 1.